The van der Waals surface area contributed by atoms with E-state index in [0.717, 1.165) is 5.56 Å². The van der Waals surface area contributed by atoms with Gasteiger partial charge in [0.1, 0.15) is 30.5 Å². The summed E-state index contributed by atoms with van der Waals surface area (Å²) in [6.07, 6.45) is 5.50. The van der Waals surface area contributed by atoms with E-state index in [9.17, 15) is 19.2 Å². The van der Waals surface area contributed by atoms with E-state index in [-0.39, 0.29) is 25.4 Å². The van der Waals surface area contributed by atoms with Crippen LogP contribution in [0.15, 0.2) is 36.4 Å². The summed E-state index contributed by atoms with van der Waals surface area (Å²) in [5.41, 5.74) is 6.39. The highest BCUT2D eigenvalue weighted by atomic mass is 16.5. The Kier molecular flexibility index (Phi) is 11.0. The first-order valence-corrected chi connectivity index (χ1v) is 11.4. The van der Waals surface area contributed by atoms with Crippen molar-refractivity contribution < 1.29 is 28.7 Å². The third-order valence-electron chi connectivity index (χ3n) is 5.32. The maximum Gasteiger partial charge on any atom is 0.328 e. The minimum Gasteiger partial charge on any atom is -0.490 e. The number of hydrogen-bond acceptors (Lipinski definition) is 7. The summed E-state index contributed by atoms with van der Waals surface area (Å²) < 4.78 is 10.5. The number of esters is 1. The van der Waals surface area contributed by atoms with E-state index in [1.165, 1.54) is 14.0 Å². The summed E-state index contributed by atoms with van der Waals surface area (Å²) in [6, 6.07) is 4.47. The van der Waals surface area contributed by atoms with Gasteiger partial charge >= 0.3 is 5.97 Å². The topological polar surface area (TPSA) is 149 Å². The van der Waals surface area contributed by atoms with Crippen molar-refractivity contribution in [3.63, 3.8) is 0 Å². The minimum atomic E-state index is -0.927. The monoisotopic (exact) mass is 474 g/mol. The van der Waals surface area contributed by atoms with Crippen LogP contribution in [0.2, 0.25) is 0 Å². The van der Waals surface area contributed by atoms with Crippen LogP contribution in [0.3, 0.4) is 0 Å². The van der Waals surface area contributed by atoms with Crippen molar-refractivity contribution in [2.75, 3.05) is 20.3 Å². The summed E-state index contributed by atoms with van der Waals surface area (Å²) in [6.45, 7) is 2.05. The smallest absolute Gasteiger partial charge is 0.328 e. The Hall–Kier alpha value is -3.40. The van der Waals surface area contributed by atoms with Gasteiger partial charge in [-0.15, -0.1) is 0 Å². The van der Waals surface area contributed by atoms with Crippen molar-refractivity contribution in [2.45, 2.75) is 57.2 Å². The standard InChI is InChI=1S/C24H34N4O6/c1-16(29)26-21-15-17-9-11-18(12-10-17)34-14-6-4-8-20(24(32)33-2)28-22(30)19(27-23(21)31)7-3-5-13-25/h4,6,9-12,19-21H,3,5,7-8,13-15,25H2,1-2H3,(H,26,29)(H,27,31)(H,28,30)/b6-4-/t19-,20+,21+/m1/s1. The molecular formula is C24H34N4O6. The van der Waals surface area contributed by atoms with Crippen LogP contribution < -0.4 is 26.4 Å². The highest BCUT2D eigenvalue weighted by molar-refractivity contribution is 5.93. The van der Waals surface area contributed by atoms with Gasteiger partial charge < -0.3 is 31.2 Å². The Morgan fingerprint density at radius 3 is 2.50 bits per heavy atom. The zero-order valence-corrected chi connectivity index (χ0v) is 19.7. The highest BCUT2D eigenvalue weighted by Gasteiger charge is 2.29. The lowest BCUT2D eigenvalue weighted by molar-refractivity contribution is -0.145. The Bertz CT molecular complexity index is 871. The van der Waals surface area contributed by atoms with E-state index in [1.807, 2.05) is 12.1 Å². The van der Waals surface area contributed by atoms with Gasteiger partial charge in [0, 0.05) is 13.3 Å². The molecule has 10 heteroatoms. The lowest BCUT2D eigenvalue weighted by atomic mass is 10.0. The van der Waals surface area contributed by atoms with Gasteiger partial charge in [-0.25, -0.2) is 4.79 Å². The van der Waals surface area contributed by atoms with Crippen molar-refractivity contribution in [2.24, 2.45) is 5.73 Å². The summed E-state index contributed by atoms with van der Waals surface area (Å²) in [5.74, 6) is -1.35. The van der Waals surface area contributed by atoms with E-state index in [2.05, 4.69) is 16.0 Å². The van der Waals surface area contributed by atoms with Crippen LogP contribution in [-0.4, -0.2) is 62.1 Å². The van der Waals surface area contributed by atoms with Gasteiger partial charge in [-0.3, -0.25) is 14.4 Å². The van der Waals surface area contributed by atoms with Crippen LogP contribution in [0.1, 0.15) is 38.2 Å². The molecule has 3 rings (SSSR count). The predicted octanol–water partition coefficient (Wildman–Crippen LogP) is 0.344. The molecule has 0 radical (unpaired) electrons. The fourth-order valence-corrected chi connectivity index (χ4v) is 3.52. The van der Waals surface area contributed by atoms with Crippen LogP contribution in [-0.2, 0) is 30.3 Å². The van der Waals surface area contributed by atoms with Gasteiger partial charge in [-0.2, -0.15) is 0 Å². The number of methoxy groups -OCH3 is 1. The van der Waals surface area contributed by atoms with Crippen LogP contribution >= 0.6 is 0 Å². The number of nitrogens with one attached hydrogen (secondary N) is 3. The normalized spacial score (nSPS) is 22.5. The zero-order valence-electron chi connectivity index (χ0n) is 19.7. The number of benzene rings is 1. The number of fused-ring (bicyclic) bond motifs is 13. The average molecular weight is 475 g/mol. The first-order valence-electron chi connectivity index (χ1n) is 11.4. The van der Waals surface area contributed by atoms with Gasteiger partial charge in [-0.05, 0) is 49.9 Å². The molecule has 2 heterocycles. The molecule has 0 aliphatic carbocycles. The molecule has 186 valence electrons. The third kappa shape index (κ3) is 8.86. The molecule has 5 N–H and O–H groups in total. The fourth-order valence-electron chi connectivity index (χ4n) is 3.52. The molecule has 3 atom stereocenters. The van der Waals surface area contributed by atoms with Crippen molar-refractivity contribution >= 4 is 23.7 Å². The highest BCUT2D eigenvalue weighted by Crippen LogP contribution is 2.14. The van der Waals surface area contributed by atoms with E-state index >= 15 is 0 Å². The molecule has 10 nitrogen and oxygen atoms in total. The Labute approximate surface area is 199 Å². The van der Waals surface area contributed by atoms with Crippen molar-refractivity contribution in [1.29, 1.82) is 0 Å². The van der Waals surface area contributed by atoms with Crippen LogP contribution in [0, 0.1) is 0 Å². The van der Waals surface area contributed by atoms with E-state index < -0.39 is 35.9 Å². The summed E-state index contributed by atoms with van der Waals surface area (Å²) in [4.78, 5) is 50.1. The molecule has 2 aliphatic rings. The number of amides is 3. The largest absolute Gasteiger partial charge is 0.490 e. The second-order valence-corrected chi connectivity index (χ2v) is 8.05. The maximum atomic E-state index is 13.1. The van der Waals surface area contributed by atoms with Crippen LogP contribution in [0.5, 0.6) is 5.75 Å². The number of unbranched alkanes of at least 4 members (excludes halogenated alkanes) is 1. The number of rotatable bonds is 6. The summed E-state index contributed by atoms with van der Waals surface area (Å²) in [7, 11) is 1.24. The SMILES string of the molecule is COC(=O)[C@@H]1C/C=C\COc2ccc(cc2)C[C@H](NC(C)=O)C(=O)N[C@H](CCCCN)C(=O)N1. The second-order valence-electron chi connectivity index (χ2n) is 8.05. The first-order chi connectivity index (χ1) is 16.3. The van der Waals surface area contributed by atoms with Gasteiger partial charge in [0.25, 0.3) is 0 Å². The Morgan fingerprint density at radius 1 is 1.12 bits per heavy atom. The molecule has 2 aliphatic heterocycles. The fraction of sp³-hybridized carbons (Fsp3) is 0.500. The molecule has 2 bridgehead atoms. The van der Waals surface area contributed by atoms with E-state index in [0.29, 0.717) is 31.6 Å². The molecule has 0 unspecified atom stereocenters. The molecular weight excluding hydrogens is 440 g/mol. The lowest BCUT2D eigenvalue weighted by Crippen LogP contribution is -2.56. The van der Waals surface area contributed by atoms with Crippen molar-refractivity contribution in [1.82, 2.24) is 16.0 Å². The van der Waals surface area contributed by atoms with Crippen LogP contribution in [0.4, 0.5) is 0 Å². The molecule has 1 aromatic rings. The quantitative estimate of drug-likeness (QED) is 0.264. The Morgan fingerprint density at radius 2 is 1.85 bits per heavy atom. The predicted molar refractivity (Wildman–Crippen MR) is 126 cm³/mol. The van der Waals surface area contributed by atoms with Crippen molar-refractivity contribution in [3.05, 3.63) is 42.0 Å². The number of ether oxygens (including phenoxy) is 2. The number of carbonyl (C=O) groups is 4. The lowest BCUT2D eigenvalue weighted by Gasteiger charge is -2.24. The molecule has 34 heavy (non-hydrogen) atoms. The van der Waals surface area contributed by atoms with Gasteiger partial charge in [0.2, 0.25) is 17.7 Å². The molecule has 1 aromatic carbocycles. The number of nitrogens with two attached hydrogens (primary N) is 1. The second kappa shape index (κ2) is 14.0. The number of carbonyl (C=O) groups excluding carboxylic acids is 4. The van der Waals surface area contributed by atoms with Gasteiger partial charge in [-0.1, -0.05) is 24.3 Å². The summed E-state index contributed by atoms with van der Waals surface area (Å²) in [5, 5.41) is 8.06. The minimum absolute atomic E-state index is 0.193. The molecule has 0 spiro atoms. The molecule has 0 saturated carbocycles. The third-order valence-corrected chi connectivity index (χ3v) is 5.32. The molecule has 0 aromatic heterocycles. The van der Waals surface area contributed by atoms with Gasteiger partial charge in [0.05, 0.1) is 7.11 Å². The van der Waals surface area contributed by atoms with Crippen molar-refractivity contribution in [3.8, 4) is 5.75 Å². The average Bonchev–Trinajstić information content (AvgIpc) is 2.81. The van der Waals surface area contributed by atoms with E-state index in [4.69, 9.17) is 15.2 Å². The maximum absolute atomic E-state index is 13.1. The van der Waals surface area contributed by atoms with Crippen LogP contribution in [0.25, 0.3) is 0 Å². The van der Waals surface area contributed by atoms with E-state index in [1.54, 1.807) is 24.3 Å². The summed E-state index contributed by atoms with van der Waals surface area (Å²) >= 11 is 0. The van der Waals surface area contributed by atoms with Gasteiger partial charge in [0.15, 0.2) is 0 Å². The molecule has 0 saturated heterocycles. The molecule has 0 fully saturated rings. The molecule has 3 amide bonds. The Balaban J connectivity index is 2.34. The zero-order chi connectivity index (χ0) is 24.9. The number of hydrogen-bond donors (Lipinski definition) is 4. The first kappa shape index (κ1) is 26.8.